The van der Waals surface area contributed by atoms with Gasteiger partial charge in [0.15, 0.2) is 0 Å². The van der Waals surface area contributed by atoms with Gasteiger partial charge in [0.1, 0.15) is 12.4 Å². The van der Waals surface area contributed by atoms with Crippen LogP contribution >= 0.6 is 0 Å². The number of carbonyl (C=O) groups excluding carboxylic acids is 3. The first kappa shape index (κ1) is 18.3. The predicted molar refractivity (Wildman–Crippen MR) is 94.8 cm³/mol. The molecule has 1 N–H and O–H groups in total. The number of nitrogens with zero attached hydrogens (tertiary/aromatic N) is 4. The van der Waals surface area contributed by atoms with Gasteiger partial charge in [-0.15, -0.1) is 10.2 Å². The number of amides is 3. The van der Waals surface area contributed by atoms with Crippen molar-refractivity contribution in [2.24, 2.45) is 17.8 Å². The number of nitrogens with one attached hydrogen (secondary N) is 1. The van der Waals surface area contributed by atoms with Crippen LogP contribution in [0.2, 0.25) is 0 Å². The normalized spacial score (nSPS) is 23.5. The van der Waals surface area contributed by atoms with E-state index in [4.69, 9.17) is 0 Å². The highest BCUT2D eigenvalue weighted by molar-refractivity contribution is 6.10. The monoisotopic (exact) mass is 359 g/mol. The van der Waals surface area contributed by atoms with Crippen molar-refractivity contribution in [2.45, 2.75) is 52.6 Å². The molecule has 1 aromatic rings. The number of allylic oxidation sites excluding steroid dienone is 2. The van der Waals surface area contributed by atoms with Gasteiger partial charge in [0.25, 0.3) is 0 Å². The number of aryl methyl sites for hydroxylation is 1. The number of hydrogen-bond donors (Lipinski definition) is 1. The smallest absolute Gasteiger partial charge is 0.250 e. The second kappa shape index (κ2) is 7.39. The molecule has 1 fully saturated rings. The Morgan fingerprint density at radius 1 is 1.23 bits per heavy atom. The molecule has 0 aromatic carbocycles. The van der Waals surface area contributed by atoms with E-state index in [1.165, 1.54) is 11.2 Å². The minimum absolute atomic E-state index is 0.149. The van der Waals surface area contributed by atoms with Crippen LogP contribution in [0.15, 0.2) is 18.5 Å². The Bertz CT molecular complexity index is 713. The molecule has 2 heterocycles. The van der Waals surface area contributed by atoms with E-state index in [1.807, 2.05) is 32.9 Å². The molecule has 3 rings (SSSR count). The van der Waals surface area contributed by atoms with Crippen molar-refractivity contribution in [3.8, 4) is 0 Å². The van der Waals surface area contributed by atoms with Crippen LogP contribution in [-0.4, -0.2) is 43.4 Å². The highest BCUT2D eigenvalue weighted by atomic mass is 16.2. The lowest BCUT2D eigenvalue weighted by atomic mass is 9.85. The standard InChI is InChI=1S/C18H25N5O3/c1-4-22-10-19-21-18(22)20-15(24)14(9-11(2)3)23-16(25)12-7-5-6-8-13(12)17(23)26/h5-6,10-14H,4,7-9H2,1-3H3,(H,20,21,24). The van der Waals surface area contributed by atoms with Gasteiger partial charge in [-0.2, -0.15) is 0 Å². The molecule has 2 aliphatic rings. The fourth-order valence-electron chi connectivity index (χ4n) is 3.69. The Morgan fingerprint density at radius 2 is 1.85 bits per heavy atom. The molecule has 0 bridgehead atoms. The van der Waals surface area contributed by atoms with Gasteiger partial charge in [-0.1, -0.05) is 26.0 Å². The van der Waals surface area contributed by atoms with Crippen LogP contribution in [0.1, 0.15) is 40.0 Å². The zero-order valence-electron chi connectivity index (χ0n) is 15.4. The molecule has 140 valence electrons. The van der Waals surface area contributed by atoms with E-state index in [2.05, 4.69) is 15.5 Å². The molecular formula is C18H25N5O3. The van der Waals surface area contributed by atoms with Crippen LogP contribution in [0, 0.1) is 17.8 Å². The number of hydrogen-bond acceptors (Lipinski definition) is 5. The van der Waals surface area contributed by atoms with Gasteiger partial charge >= 0.3 is 0 Å². The maximum Gasteiger partial charge on any atom is 0.250 e. The van der Waals surface area contributed by atoms with E-state index in [0.29, 0.717) is 31.8 Å². The van der Waals surface area contributed by atoms with Gasteiger partial charge in [-0.05, 0) is 32.1 Å². The molecule has 1 aliphatic carbocycles. The average molecular weight is 359 g/mol. The molecule has 3 amide bonds. The van der Waals surface area contributed by atoms with E-state index < -0.39 is 11.9 Å². The molecule has 0 radical (unpaired) electrons. The number of rotatable bonds is 6. The quantitative estimate of drug-likeness (QED) is 0.615. The number of fused-ring (bicyclic) bond motifs is 1. The lowest BCUT2D eigenvalue weighted by Gasteiger charge is -2.27. The fraction of sp³-hybridized carbons (Fsp3) is 0.611. The van der Waals surface area contributed by atoms with Crippen LogP contribution < -0.4 is 5.32 Å². The largest absolute Gasteiger partial charge is 0.300 e. The summed E-state index contributed by atoms with van der Waals surface area (Å²) < 4.78 is 1.70. The zero-order chi connectivity index (χ0) is 18.8. The van der Waals surface area contributed by atoms with E-state index in [-0.39, 0.29) is 29.6 Å². The highest BCUT2D eigenvalue weighted by Gasteiger charge is 2.51. The predicted octanol–water partition coefficient (Wildman–Crippen LogP) is 1.60. The summed E-state index contributed by atoms with van der Waals surface area (Å²) in [5.41, 5.74) is 0. The number of anilines is 1. The van der Waals surface area contributed by atoms with Crippen molar-refractivity contribution in [3.63, 3.8) is 0 Å². The Kier molecular flexibility index (Phi) is 5.20. The number of aromatic nitrogens is 3. The lowest BCUT2D eigenvalue weighted by Crippen LogP contribution is -2.48. The second-order valence-electron chi connectivity index (χ2n) is 7.28. The summed E-state index contributed by atoms with van der Waals surface area (Å²) in [6, 6.07) is -0.831. The van der Waals surface area contributed by atoms with Crippen LogP contribution in [0.25, 0.3) is 0 Å². The van der Waals surface area contributed by atoms with Crippen LogP contribution in [0.3, 0.4) is 0 Å². The zero-order valence-corrected chi connectivity index (χ0v) is 15.4. The molecule has 1 aliphatic heterocycles. The molecular weight excluding hydrogens is 334 g/mol. The lowest BCUT2D eigenvalue weighted by molar-refractivity contribution is -0.147. The fourth-order valence-corrected chi connectivity index (χ4v) is 3.69. The molecule has 1 saturated heterocycles. The SMILES string of the molecule is CCn1cnnc1NC(=O)C(CC(C)C)N1C(=O)C2CC=CCC2C1=O. The van der Waals surface area contributed by atoms with Crippen LogP contribution in [0.4, 0.5) is 5.95 Å². The van der Waals surface area contributed by atoms with Crippen LogP contribution in [0.5, 0.6) is 0 Å². The molecule has 3 atom stereocenters. The summed E-state index contributed by atoms with van der Waals surface area (Å²) in [5.74, 6) is -1.07. The summed E-state index contributed by atoms with van der Waals surface area (Å²) in [7, 11) is 0. The maximum atomic E-state index is 12.9. The Morgan fingerprint density at radius 3 is 2.38 bits per heavy atom. The molecule has 8 heteroatoms. The van der Waals surface area contributed by atoms with Crippen molar-refractivity contribution < 1.29 is 14.4 Å². The topological polar surface area (TPSA) is 97.2 Å². The number of carbonyl (C=O) groups is 3. The molecule has 26 heavy (non-hydrogen) atoms. The third kappa shape index (κ3) is 3.27. The minimum atomic E-state index is -0.831. The van der Waals surface area contributed by atoms with Crippen molar-refractivity contribution in [1.29, 1.82) is 0 Å². The Balaban J connectivity index is 1.85. The van der Waals surface area contributed by atoms with Gasteiger partial charge in [0.05, 0.1) is 11.8 Å². The molecule has 1 aromatic heterocycles. The first-order chi connectivity index (χ1) is 12.4. The maximum absolute atomic E-state index is 12.9. The van der Waals surface area contributed by atoms with Gasteiger partial charge in [-0.25, -0.2) is 0 Å². The third-order valence-electron chi connectivity index (χ3n) is 5.04. The first-order valence-electron chi connectivity index (χ1n) is 9.14. The minimum Gasteiger partial charge on any atom is -0.300 e. The van der Waals surface area contributed by atoms with E-state index in [0.717, 1.165) is 0 Å². The Hall–Kier alpha value is -2.51. The third-order valence-corrected chi connectivity index (χ3v) is 5.04. The summed E-state index contributed by atoms with van der Waals surface area (Å²) in [6.45, 7) is 6.45. The summed E-state index contributed by atoms with van der Waals surface area (Å²) >= 11 is 0. The van der Waals surface area contributed by atoms with Crippen molar-refractivity contribution in [2.75, 3.05) is 5.32 Å². The van der Waals surface area contributed by atoms with E-state index in [9.17, 15) is 14.4 Å². The van der Waals surface area contributed by atoms with E-state index in [1.54, 1.807) is 4.57 Å². The second-order valence-corrected chi connectivity index (χ2v) is 7.28. The van der Waals surface area contributed by atoms with Crippen molar-refractivity contribution in [3.05, 3.63) is 18.5 Å². The van der Waals surface area contributed by atoms with Gasteiger partial charge < -0.3 is 4.57 Å². The molecule has 8 nitrogen and oxygen atoms in total. The van der Waals surface area contributed by atoms with Gasteiger partial charge in [0.2, 0.25) is 23.7 Å². The summed E-state index contributed by atoms with van der Waals surface area (Å²) in [5, 5.41) is 10.4. The van der Waals surface area contributed by atoms with Gasteiger partial charge in [0, 0.05) is 6.54 Å². The summed E-state index contributed by atoms with van der Waals surface area (Å²) in [4.78, 5) is 39.9. The average Bonchev–Trinajstić information content (AvgIpc) is 3.16. The van der Waals surface area contributed by atoms with Crippen molar-refractivity contribution in [1.82, 2.24) is 19.7 Å². The first-order valence-corrected chi connectivity index (χ1v) is 9.14. The molecule has 0 saturated carbocycles. The van der Waals surface area contributed by atoms with Gasteiger partial charge in [-0.3, -0.25) is 24.6 Å². The van der Waals surface area contributed by atoms with Crippen molar-refractivity contribution >= 4 is 23.7 Å². The number of imide groups is 1. The molecule has 0 spiro atoms. The highest BCUT2D eigenvalue weighted by Crippen LogP contribution is 2.37. The summed E-state index contributed by atoms with van der Waals surface area (Å²) in [6.07, 6.45) is 6.95. The Labute approximate surface area is 152 Å². The number of likely N-dealkylation sites (tertiary alicyclic amines) is 1. The van der Waals surface area contributed by atoms with E-state index >= 15 is 0 Å². The molecule has 3 unspecified atom stereocenters. The van der Waals surface area contributed by atoms with Crippen LogP contribution in [-0.2, 0) is 20.9 Å².